The first-order chi connectivity index (χ1) is 22.6. The van der Waals surface area contributed by atoms with Crippen molar-refractivity contribution in [1.29, 1.82) is 0 Å². The predicted octanol–water partition coefficient (Wildman–Crippen LogP) is 10.4. The highest BCUT2D eigenvalue weighted by atomic mass is 15.1. The number of rotatable bonds is 9. The van der Waals surface area contributed by atoms with Gasteiger partial charge in [-0.25, -0.2) is 0 Å². The summed E-state index contributed by atoms with van der Waals surface area (Å²) in [6.07, 6.45) is 12.5. The number of hydrogen-bond donors (Lipinski definition) is 0. The van der Waals surface area contributed by atoms with E-state index >= 15 is 0 Å². The summed E-state index contributed by atoms with van der Waals surface area (Å²) >= 11 is 0. The van der Waals surface area contributed by atoms with Crippen LogP contribution in [0.1, 0.15) is 71.7 Å². The van der Waals surface area contributed by atoms with Gasteiger partial charge >= 0.3 is 0 Å². The second-order valence-corrected chi connectivity index (χ2v) is 13.0. The van der Waals surface area contributed by atoms with Gasteiger partial charge < -0.3 is 4.90 Å². The van der Waals surface area contributed by atoms with Crippen LogP contribution in [0.2, 0.25) is 0 Å². The van der Waals surface area contributed by atoms with Crippen LogP contribution in [0, 0.1) is 6.92 Å². The molecule has 230 valence electrons. The molecule has 2 heteroatoms. The highest BCUT2D eigenvalue weighted by Gasteiger charge is 2.27. The summed E-state index contributed by atoms with van der Waals surface area (Å²) in [6, 6.07) is 39.2. The van der Waals surface area contributed by atoms with Crippen molar-refractivity contribution in [3.8, 4) is 11.3 Å². The van der Waals surface area contributed by atoms with Gasteiger partial charge in [0.1, 0.15) is 0 Å². The van der Waals surface area contributed by atoms with E-state index in [0.717, 1.165) is 25.8 Å². The average molecular weight is 602 g/mol. The van der Waals surface area contributed by atoms with Crippen molar-refractivity contribution >= 4 is 27.6 Å². The Morgan fingerprint density at radius 3 is 2.39 bits per heavy atom. The molecular weight excluding hydrogens is 556 g/mol. The normalized spacial score (nSPS) is 14.3. The van der Waals surface area contributed by atoms with Gasteiger partial charge in [-0.05, 0) is 99.3 Å². The molecule has 1 aromatic heterocycles. The molecule has 0 saturated carbocycles. The van der Waals surface area contributed by atoms with Gasteiger partial charge in [0.05, 0.1) is 6.04 Å². The van der Waals surface area contributed by atoms with Gasteiger partial charge in [0.15, 0.2) is 12.7 Å². The minimum absolute atomic E-state index is 0.160. The van der Waals surface area contributed by atoms with Crippen molar-refractivity contribution in [2.75, 3.05) is 7.05 Å². The minimum atomic E-state index is 0.160. The van der Waals surface area contributed by atoms with E-state index in [9.17, 15) is 0 Å². The molecule has 0 spiro atoms. The lowest BCUT2D eigenvalue weighted by Gasteiger charge is -2.34. The summed E-state index contributed by atoms with van der Waals surface area (Å²) in [5.41, 5.74) is 12.3. The molecule has 7 rings (SSSR count). The molecule has 0 aliphatic carbocycles. The molecule has 5 aromatic carbocycles. The van der Waals surface area contributed by atoms with Gasteiger partial charge in [0.2, 0.25) is 5.69 Å². The fraction of sp³-hybridized carbons (Fsp3) is 0.250. The smallest absolute Gasteiger partial charge is 0.212 e. The number of unbranched alkanes of at least 4 members (excludes halogenated alkanes) is 1. The molecule has 0 radical (unpaired) electrons. The predicted molar refractivity (Wildman–Crippen MR) is 195 cm³/mol. The van der Waals surface area contributed by atoms with E-state index in [1.165, 1.54) is 84.6 Å². The highest BCUT2D eigenvalue weighted by Crippen LogP contribution is 2.41. The first kappa shape index (κ1) is 30.0. The summed E-state index contributed by atoms with van der Waals surface area (Å²) in [6.45, 7) is 7.65. The van der Waals surface area contributed by atoms with Gasteiger partial charge in [-0.2, -0.15) is 4.57 Å². The van der Waals surface area contributed by atoms with E-state index in [0.29, 0.717) is 0 Å². The Hall–Kier alpha value is -4.69. The summed E-state index contributed by atoms with van der Waals surface area (Å²) < 4.78 is 2.44. The largest absolute Gasteiger partial charge is 0.369 e. The van der Waals surface area contributed by atoms with Crippen LogP contribution in [0.15, 0.2) is 116 Å². The molecule has 1 aliphatic rings. The quantitative estimate of drug-likeness (QED) is 0.118. The molecule has 2 heterocycles. The summed E-state index contributed by atoms with van der Waals surface area (Å²) in [5.74, 6) is 0. The standard InChI is InChI=1S/C44H45N2/c1-5-7-12-32-17-20-36-34(30-32)18-21-40-39(36)22-23-42-41(40)25-27-45(4)44(42)38-19-16-31(3)29-35(38)24-28-46-26-11-10-15-43(46)37-14-9-8-13-33(37)6-2/h8-11,13-23,25-27,29-30,44H,5-7,12,24,28H2,1-4H3/q+1. The fourth-order valence-electron chi connectivity index (χ4n) is 7.53. The lowest BCUT2D eigenvalue weighted by Crippen LogP contribution is -2.37. The molecule has 0 amide bonds. The number of pyridine rings is 1. The topological polar surface area (TPSA) is 7.12 Å². The first-order valence-corrected chi connectivity index (χ1v) is 17.1. The first-order valence-electron chi connectivity index (χ1n) is 17.1. The molecule has 1 unspecified atom stereocenters. The van der Waals surface area contributed by atoms with Crippen LogP contribution in [0.3, 0.4) is 0 Å². The van der Waals surface area contributed by atoms with Crippen molar-refractivity contribution in [2.45, 2.75) is 65.5 Å². The van der Waals surface area contributed by atoms with Crippen LogP contribution >= 0.6 is 0 Å². The summed E-state index contributed by atoms with van der Waals surface area (Å²) in [4.78, 5) is 2.39. The summed E-state index contributed by atoms with van der Waals surface area (Å²) in [5, 5.41) is 5.37. The third-order valence-electron chi connectivity index (χ3n) is 9.98. The number of aromatic nitrogens is 1. The van der Waals surface area contributed by atoms with Gasteiger partial charge in [0, 0.05) is 37.4 Å². The molecule has 0 fully saturated rings. The molecule has 46 heavy (non-hydrogen) atoms. The number of nitrogens with zero attached hydrogens (tertiary/aromatic N) is 2. The van der Waals surface area contributed by atoms with Crippen molar-refractivity contribution in [2.24, 2.45) is 0 Å². The second-order valence-electron chi connectivity index (χ2n) is 13.0. The molecule has 0 saturated heterocycles. The fourth-order valence-corrected chi connectivity index (χ4v) is 7.53. The van der Waals surface area contributed by atoms with Gasteiger partial charge in [-0.1, -0.05) is 105 Å². The maximum atomic E-state index is 2.44. The highest BCUT2D eigenvalue weighted by molar-refractivity contribution is 6.10. The zero-order valence-electron chi connectivity index (χ0n) is 27.8. The third kappa shape index (κ3) is 5.62. The molecule has 1 atom stereocenters. The van der Waals surface area contributed by atoms with Crippen LogP contribution < -0.4 is 4.57 Å². The Labute approximate surface area is 274 Å². The van der Waals surface area contributed by atoms with E-state index in [4.69, 9.17) is 0 Å². The Balaban J connectivity index is 1.26. The molecule has 2 nitrogen and oxygen atoms in total. The third-order valence-corrected chi connectivity index (χ3v) is 9.98. The van der Waals surface area contributed by atoms with Crippen molar-refractivity contribution < 1.29 is 4.57 Å². The van der Waals surface area contributed by atoms with Gasteiger partial charge in [-0.15, -0.1) is 0 Å². The van der Waals surface area contributed by atoms with Crippen LogP contribution in [-0.4, -0.2) is 11.9 Å². The number of aryl methyl sites for hydroxylation is 5. The van der Waals surface area contributed by atoms with Crippen LogP contribution in [0.5, 0.6) is 0 Å². The van der Waals surface area contributed by atoms with Crippen LogP contribution in [0.25, 0.3) is 38.9 Å². The molecule has 6 aromatic rings. The van der Waals surface area contributed by atoms with Crippen molar-refractivity contribution in [3.05, 3.63) is 154 Å². The van der Waals surface area contributed by atoms with Crippen molar-refractivity contribution in [1.82, 2.24) is 4.90 Å². The van der Waals surface area contributed by atoms with Crippen molar-refractivity contribution in [3.63, 3.8) is 0 Å². The zero-order valence-corrected chi connectivity index (χ0v) is 27.8. The number of benzene rings is 5. The molecule has 1 aliphatic heterocycles. The van der Waals surface area contributed by atoms with E-state index in [2.05, 4.69) is 159 Å². The Bertz CT molecular complexity index is 2070. The van der Waals surface area contributed by atoms with E-state index in [1.54, 1.807) is 0 Å². The second kappa shape index (κ2) is 13.0. The monoisotopic (exact) mass is 601 g/mol. The Morgan fingerprint density at radius 2 is 1.52 bits per heavy atom. The number of fused-ring (bicyclic) bond motifs is 5. The SMILES string of the molecule is CCCCc1ccc2c(ccc3c4c(ccc32)C(c2ccc(C)cc2CC[n+]2ccccc2-c2ccccc2CC)N(C)C=C4)c1. The van der Waals surface area contributed by atoms with Gasteiger partial charge in [-0.3, -0.25) is 0 Å². The maximum absolute atomic E-state index is 2.44. The lowest BCUT2D eigenvalue weighted by molar-refractivity contribution is -0.685. The van der Waals surface area contributed by atoms with E-state index in [-0.39, 0.29) is 6.04 Å². The summed E-state index contributed by atoms with van der Waals surface area (Å²) in [7, 11) is 2.22. The average Bonchev–Trinajstić information content (AvgIpc) is 3.09. The van der Waals surface area contributed by atoms with Gasteiger partial charge in [0.25, 0.3) is 0 Å². The van der Waals surface area contributed by atoms with E-state index < -0.39 is 0 Å². The maximum Gasteiger partial charge on any atom is 0.212 e. The molecule has 0 N–H and O–H groups in total. The Kier molecular flexibility index (Phi) is 8.45. The van der Waals surface area contributed by atoms with Crippen LogP contribution in [-0.2, 0) is 25.8 Å². The zero-order chi connectivity index (χ0) is 31.6. The number of hydrogen-bond acceptors (Lipinski definition) is 1. The van der Waals surface area contributed by atoms with Crippen LogP contribution in [0.4, 0.5) is 0 Å². The molecular formula is C44H45N2+. The minimum Gasteiger partial charge on any atom is -0.369 e. The Morgan fingerprint density at radius 1 is 0.717 bits per heavy atom. The molecule has 0 bridgehead atoms. The lowest BCUT2D eigenvalue weighted by atomic mass is 9.84. The van der Waals surface area contributed by atoms with E-state index in [1.807, 2.05) is 0 Å².